The van der Waals surface area contributed by atoms with Gasteiger partial charge in [-0.15, -0.1) is 0 Å². The molecule has 0 bridgehead atoms. The van der Waals surface area contributed by atoms with Gasteiger partial charge in [-0.2, -0.15) is 0 Å². The van der Waals surface area contributed by atoms with Crippen LogP contribution in [-0.4, -0.2) is 13.4 Å². The Morgan fingerprint density at radius 3 is 2.62 bits per heavy atom. The Morgan fingerprint density at radius 2 is 1.90 bits per heavy atom. The van der Waals surface area contributed by atoms with Crippen molar-refractivity contribution in [2.45, 2.75) is 11.4 Å². The molecule has 1 aromatic carbocycles. The first-order valence-electron chi connectivity index (χ1n) is 6.22. The second-order valence-electron chi connectivity index (χ2n) is 4.53. The molecule has 3 rings (SSSR count). The Labute approximate surface area is 121 Å². The number of rotatable bonds is 4. The molecule has 0 aliphatic carbocycles. The van der Waals surface area contributed by atoms with Crippen LogP contribution in [0.25, 0.3) is 11.0 Å². The Balaban J connectivity index is 1.77. The zero-order valence-corrected chi connectivity index (χ0v) is 11.8. The van der Waals surface area contributed by atoms with Gasteiger partial charge >= 0.3 is 0 Å². The highest BCUT2D eigenvalue weighted by Gasteiger charge is 2.07. The van der Waals surface area contributed by atoms with E-state index >= 15 is 0 Å². The third kappa shape index (κ3) is 2.88. The summed E-state index contributed by atoms with van der Waals surface area (Å²) in [5.41, 5.74) is 1.68. The molecule has 0 atom stereocenters. The van der Waals surface area contributed by atoms with Crippen molar-refractivity contribution in [1.82, 2.24) is 4.98 Å². The van der Waals surface area contributed by atoms with Crippen molar-refractivity contribution in [2.24, 2.45) is 5.14 Å². The van der Waals surface area contributed by atoms with E-state index in [1.54, 1.807) is 30.7 Å². The third-order valence-electron chi connectivity index (χ3n) is 3.09. The highest BCUT2D eigenvalue weighted by Crippen LogP contribution is 2.22. The summed E-state index contributed by atoms with van der Waals surface area (Å²) in [4.78, 5) is 4.36. The Bertz CT molecular complexity index is 870. The number of hydrogen-bond donors (Lipinski definition) is 2. The van der Waals surface area contributed by atoms with Crippen LogP contribution in [0, 0.1) is 0 Å². The van der Waals surface area contributed by atoms with Gasteiger partial charge in [0.05, 0.1) is 16.5 Å². The molecule has 3 N–H and O–H groups in total. The summed E-state index contributed by atoms with van der Waals surface area (Å²) >= 11 is 0. The minimum Gasteiger partial charge on any atom is -0.464 e. The van der Waals surface area contributed by atoms with Crippen molar-refractivity contribution in [1.29, 1.82) is 0 Å². The maximum Gasteiger partial charge on any atom is 0.238 e. The number of nitrogens with two attached hydrogens (primary N) is 1. The molecule has 0 amide bonds. The molecule has 0 saturated carbocycles. The number of nitrogens with zero attached hydrogens (tertiary/aromatic N) is 1. The molecule has 0 saturated heterocycles. The standard InChI is InChI=1S/C14H13N3O3S/c15-21(18,19)11-3-1-10(2-4-11)9-17-14-12-6-8-20-13(12)5-7-16-14/h1-8H,9H2,(H,16,17)(H2,15,18,19). The molecule has 0 aliphatic heterocycles. The summed E-state index contributed by atoms with van der Waals surface area (Å²) < 4.78 is 27.7. The van der Waals surface area contributed by atoms with Crippen LogP contribution in [0.4, 0.5) is 5.82 Å². The monoisotopic (exact) mass is 303 g/mol. The summed E-state index contributed by atoms with van der Waals surface area (Å²) in [6, 6.07) is 10.0. The largest absolute Gasteiger partial charge is 0.464 e. The van der Waals surface area contributed by atoms with Crippen LogP contribution in [0.2, 0.25) is 0 Å². The number of hydrogen-bond acceptors (Lipinski definition) is 5. The van der Waals surface area contributed by atoms with Gasteiger partial charge in [-0.25, -0.2) is 18.5 Å². The van der Waals surface area contributed by atoms with E-state index in [9.17, 15) is 8.42 Å². The van der Waals surface area contributed by atoms with Crippen LogP contribution in [0.1, 0.15) is 5.56 Å². The Kier molecular flexibility index (Phi) is 3.36. The smallest absolute Gasteiger partial charge is 0.238 e. The number of furan rings is 1. The molecule has 0 unspecified atom stereocenters. The molecule has 6 nitrogen and oxygen atoms in total. The SMILES string of the molecule is NS(=O)(=O)c1ccc(CNc2nccc3occc23)cc1. The Morgan fingerprint density at radius 1 is 1.14 bits per heavy atom. The molecule has 3 aromatic rings. The van der Waals surface area contributed by atoms with E-state index < -0.39 is 10.0 Å². The van der Waals surface area contributed by atoms with E-state index in [0.29, 0.717) is 6.54 Å². The van der Waals surface area contributed by atoms with Gasteiger partial charge < -0.3 is 9.73 Å². The first kappa shape index (κ1) is 13.6. The lowest BCUT2D eigenvalue weighted by atomic mass is 10.2. The van der Waals surface area contributed by atoms with Crippen LogP contribution in [0.15, 0.2) is 58.2 Å². The van der Waals surface area contributed by atoms with E-state index in [2.05, 4.69) is 10.3 Å². The molecule has 0 spiro atoms. The second-order valence-corrected chi connectivity index (χ2v) is 6.10. The van der Waals surface area contributed by atoms with Crippen LogP contribution >= 0.6 is 0 Å². The first-order valence-corrected chi connectivity index (χ1v) is 7.76. The molecule has 2 aromatic heterocycles. The number of aromatic nitrogens is 1. The van der Waals surface area contributed by atoms with E-state index in [1.807, 2.05) is 6.07 Å². The maximum atomic E-state index is 11.2. The number of anilines is 1. The Hall–Kier alpha value is -2.38. The number of benzene rings is 1. The second kappa shape index (κ2) is 5.19. The zero-order chi connectivity index (χ0) is 14.9. The summed E-state index contributed by atoms with van der Waals surface area (Å²) in [5.74, 6) is 0.719. The lowest BCUT2D eigenvalue weighted by Crippen LogP contribution is -2.12. The van der Waals surface area contributed by atoms with Crippen molar-refractivity contribution in [2.75, 3.05) is 5.32 Å². The predicted molar refractivity (Wildman–Crippen MR) is 79.2 cm³/mol. The normalized spacial score (nSPS) is 11.7. The lowest BCUT2D eigenvalue weighted by molar-refractivity contribution is 0.597. The number of primary sulfonamides is 1. The van der Waals surface area contributed by atoms with Gasteiger partial charge in [-0.3, -0.25) is 0 Å². The van der Waals surface area contributed by atoms with Crippen molar-refractivity contribution in [3.05, 3.63) is 54.4 Å². The molecule has 0 radical (unpaired) electrons. The number of fused-ring (bicyclic) bond motifs is 1. The average molecular weight is 303 g/mol. The topological polar surface area (TPSA) is 98.2 Å². The summed E-state index contributed by atoms with van der Waals surface area (Å²) in [7, 11) is -3.65. The van der Waals surface area contributed by atoms with Gasteiger partial charge in [0.2, 0.25) is 10.0 Å². The maximum absolute atomic E-state index is 11.2. The minimum absolute atomic E-state index is 0.0984. The summed E-state index contributed by atoms with van der Waals surface area (Å²) in [5, 5.41) is 9.16. The lowest BCUT2D eigenvalue weighted by Gasteiger charge is -2.07. The highest BCUT2D eigenvalue weighted by atomic mass is 32.2. The molecule has 2 heterocycles. The van der Waals surface area contributed by atoms with Gasteiger partial charge in [-0.1, -0.05) is 12.1 Å². The molecular weight excluding hydrogens is 290 g/mol. The van der Waals surface area contributed by atoms with Crippen molar-refractivity contribution >= 4 is 26.8 Å². The van der Waals surface area contributed by atoms with Crippen molar-refractivity contribution in [3.8, 4) is 0 Å². The van der Waals surface area contributed by atoms with Gasteiger partial charge in [0.15, 0.2) is 0 Å². The van der Waals surface area contributed by atoms with Gasteiger partial charge in [0.1, 0.15) is 11.4 Å². The van der Waals surface area contributed by atoms with Gasteiger partial charge in [-0.05, 0) is 29.8 Å². The molecule has 108 valence electrons. The van der Waals surface area contributed by atoms with Gasteiger partial charge in [0.25, 0.3) is 0 Å². The fourth-order valence-corrected chi connectivity index (χ4v) is 2.53. The predicted octanol–water partition coefficient (Wildman–Crippen LogP) is 2.09. The van der Waals surface area contributed by atoms with Crippen molar-refractivity contribution in [3.63, 3.8) is 0 Å². The van der Waals surface area contributed by atoms with Crippen LogP contribution in [0.3, 0.4) is 0 Å². The summed E-state index contributed by atoms with van der Waals surface area (Å²) in [6.45, 7) is 0.516. The zero-order valence-electron chi connectivity index (χ0n) is 11.0. The third-order valence-corrected chi connectivity index (χ3v) is 4.02. The van der Waals surface area contributed by atoms with E-state index in [1.165, 1.54) is 12.1 Å². The highest BCUT2D eigenvalue weighted by molar-refractivity contribution is 7.89. The van der Waals surface area contributed by atoms with Crippen LogP contribution in [0.5, 0.6) is 0 Å². The fraction of sp³-hybridized carbons (Fsp3) is 0.0714. The average Bonchev–Trinajstić information content (AvgIpc) is 2.93. The quantitative estimate of drug-likeness (QED) is 0.769. The molecular formula is C14H13N3O3S. The van der Waals surface area contributed by atoms with Crippen LogP contribution in [-0.2, 0) is 16.6 Å². The molecule has 21 heavy (non-hydrogen) atoms. The van der Waals surface area contributed by atoms with E-state index in [0.717, 1.165) is 22.4 Å². The minimum atomic E-state index is -3.65. The molecule has 0 fully saturated rings. The van der Waals surface area contributed by atoms with E-state index in [4.69, 9.17) is 9.56 Å². The molecule has 0 aliphatic rings. The van der Waals surface area contributed by atoms with Crippen LogP contribution < -0.4 is 10.5 Å². The number of pyridine rings is 1. The molecule has 7 heteroatoms. The van der Waals surface area contributed by atoms with Crippen molar-refractivity contribution < 1.29 is 12.8 Å². The van der Waals surface area contributed by atoms with E-state index in [-0.39, 0.29) is 4.90 Å². The first-order chi connectivity index (χ1) is 10.0. The number of sulfonamides is 1. The number of nitrogens with one attached hydrogen (secondary N) is 1. The summed E-state index contributed by atoms with van der Waals surface area (Å²) in [6.07, 6.45) is 3.27. The fourth-order valence-electron chi connectivity index (χ4n) is 2.02. The van der Waals surface area contributed by atoms with Gasteiger partial charge in [0, 0.05) is 12.7 Å².